The van der Waals surface area contributed by atoms with E-state index in [9.17, 15) is 4.79 Å². The van der Waals surface area contributed by atoms with Crippen LogP contribution < -0.4 is 0 Å². The summed E-state index contributed by atoms with van der Waals surface area (Å²) in [5.41, 5.74) is 2.52. The van der Waals surface area contributed by atoms with Crippen LogP contribution >= 0.6 is 11.8 Å². The van der Waals surface area contributed by atoms with Gasteiger partial charge in [-0.1, -0.05) is 56.9 Å². The fourth-order valence-electron chi connectivity index (χ4n) is 2.97. The Labute approximate surface area is 152 Å². The molecule has 134 valence electrons. The lowest BCUT2D eigenvalue weighted by atomic mass is 9.82. The topological polar surface area (TPSA) is 26.3 Å². The Morgan fingerprint density at radius 2 is 2.17 bits per heavy atom. The fourth-order valence-corrected chi connectivity index (χ4v) is 4.55. The van der Waals surface area contributed by atoms with Crippen molar-refractivity contribution in [3.8, 4) is 0 Å². The van der Waals surface area contributed by atoms with E-state index >= 15 is 0 Å². The Balaban J connectivity index is 2.31. The van der Waals surface area contributed by atoms with Gasteiger partial charge in [0.25, 0.3) is 0 Å². The van der Waals surface area contributed by atoms with Crippen molar-refractivity contribution < 1.29 is 9.53 Å². The van der Waals surface area contributed by atoms with Crippen molar-refractivity contribution in [1.29, 1.82) is 0 Å². The van der Waals surface area contributed by atoms with E-state index in [1.807, 2.05) is 17.8 Å². The minimum atomic E-state index is -0.109. The quantitative estimate of drug-likeness (QED) is 0.287. The summed E-state index contributed by atoms with van der Waals surface area (Å²) in [4.78, 5) is 11.9. The number of rotatable bonds is 10. The highest BCUT2D eigenvalue weighted by molar-refractivity contribution is 8.00. The highest BCUT2D eigenvalue weighted by Gasteiger charge is 2.26. The molecule has 0 aromatic carbocycles. The SMILES string of the molecule is C=C/C=C(\C=C)CCOC(=O)CCSC1C=C(C)CCC1C(C)C. The highest BCUT2D eigenvalue weighted by atomic mass is 32.2. The van der Waals surface area contributed by atoms with Crippen molar-refractivity contribution in [3.05, 3.63) is 48.6 Å². The molecule has 2 unspecified atom stereocenters. The number of esters is 1. The van der Waals surface area contributed by atoms with Crippen LogP contribution in [0, 0.1) is 11.8 Å². The molecule has 0 radical (unpaired) electrons. The van der Waals surface area contributed by atoms with Gasteiger partial charge < -0.3 is 4.74 Å². The Morgan fingerprint density at radius 3 is 2.79 bits per heavy atom. The van der Waals surface area contributed by atoms with Gasteiger partial charge in [0.1, 0.15) is 0 Å². The molecule has 0 amide bonds. The molecule has 1 aliphatic carbocycles. The first-order valence-corrected chi connectivity index (χ1v) is 9.91. The van der Waals surface area contributed by atoms with Crippen molar-refractivity contribution in [2.75, 3.05) is 12.4 Å². The number of ether oxygens (including phenoxy) is 1. The van der Waals surface area contributed by atoms with Gasteiger partial charge in [-0.25, -0.2) is 0 Å². The van der Waals surface area contributed by atoms with Gasteiger partial charge in [0, 0.05) is 17.4 Å². The number of thioether (sulfide) groups is 1. The van der Waals surface area contributed by atoms with Crippen LogP contribution in [0.15, 0.2) is 48.6 Å². The molecule has 1 aliphatic rings. The van der Waals surface area contributed by atoms with Gasteiger partial charge >= 0.3 is 5.97 Å². The number of hydrogen-bond acceptors (Lipinski definition) is 3. The lowest BCUT2D eigenvalue weighted by molar-refractivity contribution is -0.142. The summed E-state index contributed by atoms with van der Waals surface area (Å²) in [5.74, 6) is 2.12. The predicted octanol–water partition coefficient (Wildman–Crippen LogP) is 5.72. The zero-order chi connectivity index (χ0) is 17.9. The molecular formula is C21H32O2S. The molecule has 3 heteroatoms. The van der Waals surface area contributed by atoms with Crippen LogP contribution in [0.25, 0.3) is 0 Å². The normalized spacial score (nSPS) is 21.3. The molecule has 0 heterocycles. The molecule has 0 saturated carbocycles. The first-order chi connectivity index (χ1) is 11.5. The van der Waals surface area contributed by atoms with Crippen LogP contribution in [0.4, 0.5) is 0 Å². The second-order valence-electron chi connectivity index (χ2n) is 6.70. The molecule has 0 saturated heterocycles. The third-order valence-corrected chi connectivity index (χ3v) is 5.77. The van der Waals surface area contributed by atoms with Gasteiger partial charge in [-0.05, 0) is 37.2 Å². The van der Waals surface area contributed by atoms with Gasteiger partial charge in [0.2, 0.25) is 0 Å². The zero-order valence-corrected chi connectivity index (χ0v) is 16.2. The number of carbonyl (C=O) groups excluding carboxylic acids is 1. The molecule has 2 nitrogen and oxygen atoms in total. The second-order valence-corrected chi connectivity index (χ2v) is 7.98. The van der Waals surface area contributed by atoms with Crippen LogP contribution in [-0.2, 0) is 9.53 Å². The van der Waals surface area contributed by atoms with E-state index < -0.39 is 0 Å². The summed E-state index contributed by atoms with van der Waals surface area (Å²) in [7, 11) is 0. The van der Waals surface area contributed by atoms with Gasteiger partial charge in [-0.3, -0.25) is 4.79 Å². The molecule has 0 fully saturated rings. The Bertz CT molecular complexity index is 488. The van der Waals surface area contributed by atoms with Crippen LogP contribution in [0.5, 0.6) is 0 Å². The van der Waals surface area contributed by atoms with Gasteiger partial charge in [0.05, 0.1) is 13.0 Å². The van der Waals surface area contributed by atoms with Crippen LogP contribution in [-0.4, -0.2) is 23.6 Å². The van der Waals surface area contributed by atoms with Gasteiger partial charge in [-0.2, -0.15) is 11.8 Å². The van der Waals surface area contributed by atoms with Crippen LogP contribution in [0.1, 0.15) is 46.5 Å². The summed E-state index contributed by atoms with van der Waals surface area (Å²) in [5, 5.41) is 0.537. The van der Waals surface area contributed by atoms with Crippen molar-refractivity contribution in [2.24, 2.45) is 11.8 Å². The first kappa shape index (κ1) is 20.8. The summed E-state index contributed by atoms with van der Waals surface area (Å²) in [6.45, 7) is 14.6. The van der Waals surface area contributed by atoms with Gasteiger partial charge in [-0.15, -0.1) is 0 Å². The smallest absolute Gasteiger partial charge is 0.306 e. The molecule has 24 heavy (non-hydrogen) atoms. The standard InChI is InChI=1S/C21H32O2S/c1-6-8-18(7-2)11-13-23-21(22)12-14-24-20-15-17(5)9-10-19(20)16(3)4/h6-8,15-16,19-20H,1-2,9-14H2,3-5H3/b18-8+. The first-order valence-electron chi connectivity index (χ1n) is 8.86. The average Bonchev–Trinajstić information content (AvgIpc) is 2.53. The molecule has 2 atom stereocenters. The van der Waals surface area contributed by atoms with E-state index in [1.165, 1.54) is 18.4 Å². The minimum absolute atomic E-state index is 0.109. The summed E-state index contributed by atoms with van der Waals surface area (Å²) < 4.78 is 5.31. The van der Waals surface area contributed by atoms with Crippen LogP contribution in [0.3, 0.4) is 0 Å². The van der Waals surface area contributed by atoms with E-state index in [1.54, 1.807) is 12.2 Å². The maximum atomic E-state index is 11.9. The lowest BCUT2D eigenvalue weighted by Gasteiger charge is -2.32. The molecule has 1 rings (SSSR count). The highest BCUT2D eigenvalue weighted by Crippen LogP contribution is 2.36. The van der Waals surface area contributed by atoms with Crippen molar-refractivity contribution in [1.82, 2.24) is 0 Å². The maximum Gasteiger partial charge on any atom is 0.306 e. The lowest BCUT2D eigenvalue weighted by Crippen LogP contribution is -2.25. The number of allylic oxidation sites excluding steroid dienone is 4. The van der Waals surface area contributed by atoms with Crippen molar-refractivity contribution >= 4 is 17.7 Å². The Kier molecular flexibility index (Phi) is 9.85. The number of carbonyl (C=O) groups is 1. The third kappa shape index (κ3) is 7.57. The van der Waals surface area contributed by atoms with E-state index in [2.05, 4.69) is 40.0 Å². The molecule has 0 aliphatic heterocycles. The Hall–Kier alpha value is -1.22. The second kappa shape index (κ2) is 11.4. The van der Waals surface area contributed by atoms with Crippen LogP contribution in [0.2, 0.25) is 0 Å². The van der Waals surface area contributed by atoms with Crippen molar-refractivity contribution in [2.45, 2.75) is 51.7 Å². The molecule has 0 spiro atoms. The largest absolute Gasteiger partial charge is 0.465 e. The minimum Gasteiger partial charge on any atom is -0.465 e. The third-order valence-electron chi connectivity index (χ3n) is 4.46. The molecule has 0 aromatic rings. The maximum absolute atomic E-state index is 11.9. The van der Waals surface area contributed by atoms with Crippen molar-refractivity contribution in [3.63, 3.8) is 0 Å². The van der Waals surface area contributed by atoms with E-state index in [4.69, 9.17) is 4.74 Å². The predicted molar refractivity (Wildman–Crippen MR) is 106 cm³/mol. The van der Waals surface area contributed by atoms with E-state index in [-0.39, 0.29) is 5.97 Å². The molecular weight excluding hydrogens is 316 g/mol. The zero-order valence-electron chi connectivity index (χ0n) is 15.4. The van der Waals surface area contributed by atoms with E-state index in [0.717, 1.165) is 11.3 Å². The van der Waals surface area contributed by atoms with E-state index in [0.29, 0.717) is 36.5 Å². The average molecular weight is 349 g/mol. The summed E-state index contributed by atoms with van der Waals surface area (Å²) >= 11 is 1.90. The molecule has 0 bridgehead atoms. The van der Waals surface area contributed by atoms with Gasteiger partial charge in [0.15, 0.2) is 0 Å². The summed E-state index contributed by atoms with van der Waals surface area (Å²) in [6.07, 6.45) is 11.4. The fraction of sp³-hybridized carbons (Fsp3) is 0.571. The number of hydrogen-bond donors (Lipinski definition) is 0. The molecule has 0 aromatic heterocycles. The summed E-state index contributed by atoms with van der Waals surface area (Å²) in [6, 6.07) is 0. The Morgan fingerprint density at radius 1 is 1.42 bits per heavy atom. The molecule has 0 N–H and O–H groups in total. The monoisotopic (exact) mass is 348 g/mol.